The van der Waals surface area contributed by atoms with E-state index < -0.39 is 10.8 Å². The first-order valence-electron chi connectivity index (χ1n) is 11.4. The predicted octanol–water partition coefficient (Wildman–Crippen LogP) is 5.28. The second-order valence-corrected chi connectivity index (χ2v) is 10.5. The Morgan fingerprint density at radius 3 is 2.61 bits per heavy atom. The third kappa shape index (κ3) is 5.04. The van der Waals surface area contributed by atoms with Gasteiger partial charge in [0, 0.05) is 35.4 Å². The molecule has 0 fully saturated rings. The fraction of sp³-hybridized carbons (Fsp3) is 0.296. The van der Waals surface area contributed by atoms with Crippen molar-refractivity contribution in [3.63, 3.8) is 0 Å². The van der Waals surface area contributed by atoms with E-state index in [2.05, 4.69) is 11.4 Å². The Bertz CT molecular complexity index is 1350. The SMILES string of the molecule is COc1ccc(C(=O)CSC2=C(C#N)[C@@H](c3cccc([N+](=O)[O-])c3)C3=C(CC(C)(C)CC3=O)N2)cc1. The van der Waals surface area contributed by atoms with Gasteiger partial charge in [-0.15, -0.1) is 0 Å². The molecule has 0 bridgehead atoms. The molecule has 0 aromatic heterocycles. The summed E-state index contributed by atoms with van der Waals surface area (Å²) in [5.41, 5.74) is 2.07. The van der Waals surface area contributed by atoms with Crippen LogP contribution in [0, 0.1) is 26.9 Å². The van der Waals surface area contributed by atoms with Crippen LogP contribution in [0.1, 0.15) is 48.5 Å². The summed E-state index contributed by atoms with van der Waals surface area (Å²) in [6, 6.07) is 15.1. The molecular formula is C27H25N3O5S. The number of Topliss-reactive ketones (excluding diaryl/α,β-unsaturated/α-hetero) is 2. The van der Waals surface area contributed by atoms with Crippen LogP contribution in [0.2, 0.25) is 0 Å². The van der Waals surface area contributed by atoms with Crippen molar-refractivity contribution in [1.29, 1.82) is 5.26 Å². The standard InChI is InChI=1S/C27H25N3O5S/c1-27(2)12-21-25(22(31)13-27)24(17-5-4-6-18(11-17)30(33)34)20(14-28)26(29-21)36-15-23(32)16-7-9-19(35-3)10-8-16/h4-11,24,29H,12-13,15H2,1-3H3/t24-/m1/s1. The minimum absolute atomic E-state index is 0.0709. The number of hydrogen-bond acceptors (Lipinski definition) is 8. The van der Waals surface area contributed by atoms with Crippen molar-refractivity contribution in [2.75, 3.05) is 12.9 Å². The second kappa shape index (κ2) is 9.99. The first-order valence-corrected chi connectivity index (χ1v) is 12.3. The molecule has 0 spiro atoms. The first kappa shape index (κ1) is 25.2. The van der Waals surface area contributed by atoms with Crippen LogP contribution in [0.4, 0.5) is 5.69 Å². The van der Waals surface area contributed by atoms with Crippen molar-refractivity contribution in [2.24, 2.45) is 5.41 Å². The van der Waals surface area contributed by atoms with Crippen LogP contribution in [0.3, 0.4) is 0 Å². The summed E-state index contributed by atoms with van der Waals surface area (Å²) in [5, 5.41) is 25.4. The molecule has 2 aromatic rings. The van der Waals surface area contributed by atoms with Gasteiger partial charge in [0.25, 0.3) is 5.69 Å². The quantitative estimate of drug-likeness (QED) is 0.307. The predicted molar refractivity (Wildman–Crippen MR) is 136 cm³/mol. The van der Waals surface area contributed by atoms with E-state index in [-0.39, 0.29) is 34.0 Å². The van der Waals surface area contributed by atoms with Crippen LogP contribution >= 0.6 is 11.8 Å². The fourth-order valence-electron chi connectivity index (χ4n) is 4.64. The number of allylic oxidation sites excluding steroid dienone is 3. The molecule has 0 amide bonds. The van der Waals surface area contributed by atoms with Crippen LogP contribution in [0.5, 0.6) is 5.75 Å². The highest BCUT2D eigenvalue weighted by Gasteiger charge is 2.42. The number of nitro benzene ring substituents is 1. The number of benzene rings is 2. The van der Waals surface area contributed by atoms with Crippen molar-refractivity contribution < 1.29 is 19.2 Å². The Hall–Kier alpha value is -3.90. The average molecular weight is 504 g/mol. The minimum atomic E-state index is -0.742. The Balaban J connectivity index is 1.73. The maximum atomic E-state index is 13.3. The molecule has 0 unspecified atom stereocenters. The number of dihydropyridines is 1. The summed E-state index contributed by atoms with van der Waals surface area (Å²) in [4.78, 5) is 37.1. The van der Waals surface area contributed by atoms with E-state index >= 15 is 0 Å². The van der Waals surface area contributed by atoms with Gasteiger partial charge in [0.2, 0.25) is 0 Å². The summed E-state index contributed by atoms with van der Waals surface area (Å²) in [5.74, 6) is -0.237. The van der Waals surface area contributed by atoms with Gasteiger partial charge in [0.15, 0.2) is 11.6 Å². The first-order chi connectivity index (χ1) is 17.1. The third-order valence-corrected chi connectivity index (χ3v) is 7.32. The van der Waals surface area contributed by atoms with E-state index in [0.29, 0.717) is 46.0 Å². The fourth-order valence-corrected chi connectivity index (χ4v) is 5.60. The van der Waals surface area contributed by atoms with Gasteiger partial charge in [0.1, 0.15) is 5.75 Å². The van der Waals surface area contributed by atoms with Gasteiger partial charge in [-0.25, -0.2) is 0 Å². The molecule has 4 rings (SSSR count). The molecule has 0 saturated carbocycles. The molecule has 184 valence electrons. The molecule has 8 nitrogen and oxygen atoms in total. The van der Waals surface area contributed by atoms with Gasteiger partial charge < -0.3 is 10.1 Å². The third-order valence-electron chi connectivity index (χ3n) is 6.30. The van der Waals surface area contributed by atoms with Crippen LogP contribution in [0.15, 0.2) is 70.4 Å². The van der Waals surface area contributed by atoms with Gasteiger partial charge in [0.05, 0.1) is 40.4 Å². The number of ether oxygens (including phenoxy) is 1. The van der Waals surface area contributed by atoms with Crippen LogP contribution < -0.4 is 10.1 Å². The molecule has 1 N–H and O–H groups in total. The van der Waals surface area contributed by atoms with E-state index in [4.69, 9.17) is 4.74 Å². The number of hydrogen-bond donors (Lipinski definition) is 1. The molecule has 36 heavy (non-hydrogen) atoms. The summed E-state index contributed by atoms with van der Waals surface area (Å²) in [6.45, 7) is 4.00. The van der Waals surface area contributed by atoms with E-state index in [1.54, 1.807) is 43.5 Å². The summed E-state index contributed by atoms with van der Waals surface area (Å²) < 4.78 is 5.14. The lowest BCUT2D eigenvalue weighted by Crippen LogP contribution is -2.37. The Morgan fingerprint density at radius 1 is 1.25 bits per heavy atom. The summed E-state index contributed by atoms with van der Waals surface area (Å²) >= 11 is 1.19. The number of nitro groups is 1. The van der Waals surface area contributed by atoms with Gasteiger partial charge in [-0.1, -0.05) is 37.7 Å². The number of thioether (sulfide) groups is 1. The molecule has 1 aliphatic carbocycles. The number of carbonyl (C=O) groups is 2. The molecule has 2 aromatic carbocycles. The number of nitriles is 1. The molecule has 1 aliphatic heterocycles. The normalized spacial score (nSPS) is 18.7. The van der Waals surface area contributed by atoms with E-state index in [1.807, 2.05) is 13.8 Å². The Kier molecular flexibility index (Phi) is 7.00. The van der Waals surface area contributed by atoms with E-state index in [9.17, 15) is 25.0 Å². The Labute approximate surface area is 213 Å². The van der Waals surface area contributed by atoms with Gasteiger partial charge in [-0.3, -0.25) is 19.7 Å². The molecule has 2 aliphatic rings. The highest BCUT2D eigenvalue weighted by molar-refractivity contribution is 8.03. The smallest absolute Gasteiger partial charge is 0.269 e. The van der Waals surface area contributed by atoms with Crippen molar-refractivity contribution in [3.05, 3.63) is 91.6 Å². The van der Waals surface area contributed by atoms with Crippen molar-refractivity contribution in [2.45, 2.75) is 32.6 Å². The molecular weight excluding hydrogens is 478 g/mol. The van der Waals surface area contributed by atoms with Crippen molar-refractivity contribution >= 4 is 29.0 Å². The molecule has 1 atom stereocenters. The summed E-state index contributed by atoms with van der Waals surface area (Å²) in [7, 11) is 1.55. The highest BCUT2D eigenvalue weighted by Crippen LogP contribution is 2.48. The maximum absolute atomic E-state index is 13.3. The number of methoxy groups -OCH3 is 1. The topological polar surface area (TPSA) is 122 Å². The van der Waals surface area contributed by atoms with Gasteiger partial charge >= 0.3 is 0 Å². The second-order valence-electron chi connectivity index (χ2n) is 9.54. The monoisotopic (exact) mass is 503 g/mol. The maximum Gasteiger partial charge on any atom is 0.269 e. The number of non-ortho nitro benzene ring substituents is 1. The zero-order valence-electron chi connectivity index (χ0n) is 20.2. The molecule has 0 saturated heterocycles. The van der Waals surface area contributed by atoms with Crippen LogP contribution in [0.25, 0.3) is 0 Å². The van der Waals surface area contributed by atoms with Crippen LogP contribution in [-0.4, -0.2) is 29.4 Å². The number of nitrogens with zero attached hydrogens (tertiary/aromatic N) is 2. The van der Waals surface area contributed by atoms with Gasteiger partial charge in [-0.05, 0) is 41.7 Å². The Morgan fingerprint density at radius 2 is 1.97 bits per heavy atom. The van der Waals surface area contributed by atoms with E-state index in [0.717, 1.165) is 0 Å². The lowest BCUT2D eigenvalue weighted by molar-refractivity contribution is -0.384. The largest absolute Gasteiger partial charge is 0.497 e. The molecule has 0 radical (unpaired) electrons. The number of rotatable bonds is 7. The van der Waals surface area contributed by atoms with Crippen molar-refractivity contribution in [3.8, 4) is 11.8 Å². The lowest BCUT2D eigenvalue weighted by atomic mass is 9.69. The average Bonchev–Trinajstić information content (AvgIpc) is 2.85. The number of ketones is 2. The lowest BCUT2D eigenvalue weighted by Gasteiger charge is -2.39. The summed E-state index contributed by atoms with van der Waals surface area (Å²) in [6.07, 6.45) is 0.894. The zero-order chi connectivity index (χ0) is 26.0. The molecule has 9 heteroatoms. The van der Waals surface area contributed by atoms with Gasteiger partial charge in [-0.2, -0.15) is 5.26 Å². The number of nitrogens with one attached hydrogen (secondary N) is 1. The highest BCUT2D eigenvalue weighted by atomic mass is 32.2. The molecule has 1 heterocycles. The van der Waals surface area contributed by atoms with E-state index in [1.165, 1.54) is 23.9 Å². The zero-order valence-corrected chi connectivity index (χ0v) is 21.0. The number of carbonyl (C=O) groups excluding carboxylic acids is 2. The van der Waals surface area contributed by atoms with Crippen molar-refractivity contribution in [1.82, 2.24) is 5.32 Å². The van der Waals surface area contributed by atoms with Crippen LogP contribution in [-0.2, 0) is 4.79 Å². The minimum Gasteiger partial charge on any atom is -0.497 e.